The third-order valence-electron chi connectivity index (χ3n) is 5.16. The van der Waals surface area contributed by atoms with Crippen molar-refractivity contribution in [2.45, 2.75) is 0 Å². The number of nitrogens with zero attached hydrogens (tertiary/aromatic N) is 2. The molecule has 4 rings (SSSR count). The summed E-state index contributed by atoms with van der Waals surface area (Å²) in [6, 6.07) is 12.4. The number of benzene rings is 2. The molecule has 0 spiro atoms. The Labute approximate surface area is 178 Å². The Balaban J connectivity index is 1.61. The molecule has 0 saturated carbocycles. The fraction of sp³-hybridized carbons (Fsp3) is 0.273. The lowest BCUT2D eigenvalue weighted by Crippen LogP contribution is -2.43. The molecule has 0 aromatic heterocycles. The molecule has 2 amide bonds. The Morgan fingerprint density at radius 2 is 1.60 bits per heavy atom. The number of anilines is 1. The van der Waals surface area contributed by atoms with Gasteiger partial charge in [-0.25, -0.2) is 4.39 Å². The smallest absolute Gasteiger partial charge is 0.278 e. The van der Waals surface area contributed by atoms with E-state index in [0.717, 1.165) is 13.1 Å². The third-order valence-corrected chi connectivity index (χ3v) is 5.41. The van der Waals surface area contributed by atoms with Gasteiger partial charge in [-0.2, -0.15) is 0 Å². The third kappa shape index (κ3) is 4.38. The predicted octanol–water partition coefficient (Wildman–Crippen LogP) is 3.00. The van der Waals surface area contributed by atoms with Crippen LogP contribution in [0.2, 0.25) is 5.02 Å². The minimum Gasteiger partial charge on any atom is -0.379 e. The zero-order valence-electron chi connectivity index (χ0n) is 16.2. The number of imide groups is 1. The van der Waals surface area contributed by atoms with E-state index in [0.29, 0.717) is 36.0 Å². The summed E-state index contributed by atoms with van der Waals surface area (Å²) in [7, 11) is 0. The lowest BCUT2D eigenvalue weighted by Gasteiger charge is -2.28. The van der Waals surface area contributed by atoms with E-state index in [1.807, 2.05) is 0 Å². The van der Waals surface area contributed by atoms with Crippen LogP contribution < -0.4 is 5.32 Å². The molecular formula is C22H21ClFN3O3. The molecule has 1 fully saturated rings. The maximum absolute atomic E-state index is 13.3. The maximum atomic E-state index is 13.3. The highest BCUT2D eigenvalue weighted by atomic mass is 35.5. The minimum atomic E-state index is -0.400. The molecule has 2 aromatic rings. The average Bonchev–Trinajstić information content (AvgIpc) is 2.99. The van der Waals surface area contributed by atoms with Gasteiger partial charge in [0.25, 0.3) is 11.8 Å². The lowest BCUT2D eigenvalue weighted by atomic mass is 10.0. The second kappa shape index (κ2) is 8.95. The van der Waals surface area contributed by atoms with Crippen molar-refractivity contribution in [3.8, 4) is 0 Å². The van der Waals surface area contributed by atoms with E-state index < -0.39 is 5.91 Å². The van der Waals surface area contributed by atoms with Gasteiger partial charge in [-0.3, -0.25) is 19.4 Å². The molecule has 2 heterocycles. The number of hydrogen-bond acceptors (Lipinski definition) is 5. The standard InChI is InChI=1S/C22H21ClFN3O3/c23-16-3-1-15(2-4-16)19-20(25-18-7-5-17(24)6-8-18)22(29)27(21(19)28)10-9-26-11-13-30-14-12-26/h1-8,25H,9-14H2. The molecule has 6 nitrogen and oxygen atoms in total. The Hall–Kier alpha value is -2.74. The van der Waals surface area contributed by atoms with Gasteiger partial charge >= 0.3 is 0 Å². The first-order valence-electron chi connectivity index (χ1n) is 9.72. The number of rotatable bonds is 6. The van der Waals surface area contributed by atoms with Gasteiger partial charge in [-0.05, 0) is 42.0 Å². The number of halogens is 2. The first kappa shape index (κ1) is 20.5. The normalized spacial score (nSPS) is 17.7. The topological polar surface area (TPSA) is 61.9 Å². The summed E-state index contributed by atoms with van der Waals surface area (Å²) in [5.74, 6) is -1.14. The van der Waals surface area contributed by atoms with Gasteiger partial charge in [0.2, 0.25) is 0 Å². The SMILES string of the molecule is O=C1C(Nc2ccc(F)cc2)=C(c2ccc(Cl)cc2)C(=O)N1CCN1CCOCC1. The van der Waals surface area contributed by atoms with Gasteiger partial charge in [-0.1, -0.05) is 23.7 Å². The molecule has 0 aliphatic carbocycles. The van der Waals surface area contributed by atoms with Crippen molar-refractivity contribution in [1.82, 2.24) is 9.80 Å². The van der Waals surface area contributed by atoms with Gasteiger partial charge < -0.3 is 10.1 Å². The minimum absolute atomic E-state index is 0.177. The average molecular weight is 430 g/mol. The van der Waals surface area contributed by atoms with Crippen molar-refractivity contribution < 1.29 is 18.7 Å². The molecule has 2 aliphatic heterocycles. The van der Waals surface area contributed by atoms with Crippen molar-refractivity contribution in [3.63, 3.8) is 0 Å². The van der Waals surface area contributed by atoms with Crippen LogP contribution in [0.25, 0.3) is 5.57 Å². The van der Waals surface area contributed by atoms with Gasteiger partial charge in [0.15, 0.2) is 0 Å². The molecule has 0 bridgehead atoms. The van der Waals surface area contributed by atoms with Crippen LogP contribution in [-0.2, 0) is 14.3 Å². The first-order valence-corrected chi connectivity index (χ1v) is 10.1. The Kier molecular flexibility index (Phi) is 6.13. The van der Waals surface area contributed by atoms with E-state index in [-0.39, 0.29) is 29.5 Å². The Morgan fingerprint density at radius 1 is 0.933 bits per heavy atom. The number of carbonyl (C=O) groups is 2. The Morgan fingerprint density at radius 3 is 2.27 bits per heavy atom. The predicted molar refractivity (Wildman–Crippen MR) is 112 cm³/mol. The van der Waals surface area contributed by atoms with Crippen LogP contribution in [0.1, 0.15) is 5.56 Å². The monoisotopic (exact) mass is 429 g/mol. The largest absolute Gasteiger partial charge is 0.379 e. The van der Waals surface area contributed by atoms with E-state index >= 15 is 0 Å². The number of carbonyl (C=O) groups excluding carboxylic acids is 2. The van der Waals surface area contributed by atoms with Crippen LogP contribution >= 0.6 is 11.6 Å². The summed E-state index contributed by atoms with van der Waals surface area (Å²) >= 11 is 5.98. The molecule has 2 aliphatic rings. The van der Waals surface area contributed by atoms with Crippen LogP contribution in [0.15, 0.2) is 54.2 Å². The van der Waals surface area contributed by atoms with Crippen LogP contribution in [0.3, 0.4) is 0 Å². The lowest BCUT2D eigenvalue weighted by molar-refractivity contribution is -0.137. The van der Waals surface area contributed by atoms with Gasteiger partial charge in [0.05, 0.1) is 18.8 Å². The van der Waals surface area contributed by atoms with E-state index in [1.54, 1.807) is 24.3 Å². The second-order valence-electron chi connectivity index (χ2n) is 7.10. The second-order valence-corrected chi connectivity index (χ2v) is 7.54. The fourth-order valence-corrected chi connectivity index (χ4v) is 3.65. The molecule has 1 saturated heterocycles. The van der Waals surface area contributed by atoms with Gasteiger partial charge in [0, 0.05) is 36.9 Å². The van der Waals surface area contributed by atoms with Gasteiger partial charge in [0.1, 0.15) is 11.5 Å². The molecule has 0 atom stereocenters. The van der Waals surface area contributed by atoms with Crippen molar-refractivity contribution in [3.05, 3.63) is 70.6 Å². The Bertz CT molecular complexity index is 970. The summed E-state index contributed by atoms with van der Waals surface area (Å²) in [5, 5.41) is 3.55. The summed E-state index contributed by atoms with van der Waals surface area (Å²) in [4.78, 5) is 29.8. The molecule has 1 N–H and O–H groups in total. The van der Waals surface area contributed by atoms with Crippen molar-refractivity contribution in [2.24, 2.45) is 0 Å². The van der Waals surface area contributed by atoms with E-state index in [1.165, 1.54) is 29.2 Å². The summed E-state index contributed by atoms with van der Waals surface area (Å²) in [6.07, 6.45) is 0. The molecule has 30 heavy (non-hydrogen) atoms. The number of ether oxygens (including phenoxy) is 1. The maximum Gasteiger partial charge on any atom is 0.278 e. The summed E-state index contributed by atoms with van der Waals surface area (Å²) < 4.78 is 18.6. The first-order chi connectivity index (χ1) is 14.5. The number of hydrogen-bond donors (Lipinski definition) is 1. The molecule has 0 unspecified atom stereocenters. The van der Waals surface area contributed by atoms with E-state index in [2.05, 4.69) is 10.2 Å². The van der Waals surface area contributed by atoms with Crippen LogP contribution in [-0.4, -0.2) is 61.0 Å². The highest BCUT2D eigenvalue weighted by Gasteiger charge is 2.39. The highest BCUT2D eigenvalue weighted by Crippen LogP contribution is 2.31. The number of nitrogens with one attached hydrogen (secondary N) is 1. The van der Waals surface area contributed by atoms with Crippen LogP contribution in [0.5, 0.6) is 0 Å². The van der Waals surface area contributed by atoms with Crippen molar-refractivity contribution >= 4 is 34.7 Å². The molecule has 8 heteroatoms. The highest BCUT2D eigenvalue weighted by molar-refractivity contribution is 6.36. The molecule has 2 aromatic carbocycles. The van der Waals surface area contributed by atoms with Crippen molar-refractivity contribution in [1.29, 1.82) is 0 Å². The van der Waals surface area contributed by atoms with E-state index in [9.17, 15) is 14.0 Å². The summed E-state index contributed by atoms with van der Waals surface area (Å²) in [6.45, 7) is 3.70. The fourth-order valence-electron chi connectivity index (χ4n) is 3.52. The molecular weight excluding hydrogens is 409 g/mol. The van der Waals surface area contributed by atoms with Crippen LogP contribution in [0.4, 0.5) is 10.1 Å². The van der Waals surface area contributed by atoms with E-state index in [4.69, 9.17) is 16.3 Å². The molecule has 156 valence electrons. The summed E-state index contributed by atoms with van der Waals surface area (Å²) in [5.41, 5.74) is 1.57. The zero-order valence-corrected chi connectivity index (χ0v) is 17.0. The van der Waals surface area contributed by atoms with Crippen LogP contribution in [0, 0.1) is 5.82 Å². The zero-order chi connectivity index (χ0) is 21.1. The molecule has 0 radical (unpaired) electrons. The quantitative estimate of drug-likeness (QED) is 0.715. The number of amides is 2. The van der Waals surface area contributed by atoms with Crippen molar-refractivity contribution in [2.75, 3.05) is 44.7 Å². The van der Waals surface area contributed by atoms with Gasteiger partial charge in [-0.15, -0.1) is 0 Å². The number of morpholine rings is 1.